The van der Waals surface area contributed by atoms with Crippen molar-refractivity contribution in [3.05, 3.63) is 29.8 Å². The first-order chi connectivity index (χ1) is 9.47. The molecule has 1 aromatic rings. The summed E-state index contributed by atoms with van der Waals surface area (Å²) >= 11 is 0. The Morgan fingerprint density at radius 1 is 1.30 bits per heavy atom. The number of benzene rings is 1. The van der Waals surface area contributed by atoms with Crippen molar-refractivity contribution >= 4 is 10.0 Å². The fourth-order valence-corrected chi connectivity index (χ4v) is 3.77. The molecule has 0 atom stereocenters. The lowest BCUT2D eigenvalue weighted by atomic mass is 10.2. The molecule has 0 saturated heterocycles. The molecule has 0 radical (unpaired) electrons. The van der Waals surface area contributed by atoms with Crippen LogP contribution in [0.5, 0.6) is 0 Å². The minimum atomic E-state index is -3.41. The molecule has 0 aliphatic heterocycles. The SMILES string of the molecule is CC(C)OCc1cccc(S(=O)(=O)NC2CCCC2)c1. The molecule has 0 aromatic heterocycles. The highest BCUT2D eigenvalue weighted by Crippen LogP contribution is 2.21. The zero-order valence-electron chi connectivity index (χ0n) is 12.1. The van der Waals surface area contributed by atoms with Crippen molar-refractivity contribution in [1.29, 1.82) is 0 Å². The summed E-state index contributed by atoms with van der Waals surface area (Å²) in [7, 11) is -3.41. The van der Waals surface area contributed by atoms with Crippen molar-refractivity contribution < 1.29 is 13.2 Å². The number of sulfonamides is 1. The largest absolute Gasteiger partial charge is 0.374 e. The van der Waals surface area contributed by atoms with Gasteiger partial charge in [0.05, 0.1) is 17.6 Å². The normalized spacial score (nSPS) is 16.9. The second-order valence-electron chi connectivity index (χ2n) is 5.61. The summed E-state index contributed by atoms with van der Waals surface area (Å²) in [6.45, 7) is 4.36. The maximum absolute atomic E-state index is 12.3. The lowest BCUT2D eigenvalue weighted by Gasteiger charge is -2.13. The van der Waals surface area contributed by atoms with Crippen LogP contribution >= 0.6 is 0 Å². The predicted molar refractivity (Wildman–Crippen MR) is 78.9 cm³/mol. The van der Waals surface area contributed by atoms with Gasteiger partial charge in [-0.25, -0.2) is 13.1 Å². The number of ether oxygens (including phenoxy) is 1. The van der Waals surface area contributed by atoms with Gasteiger partial charge in [0, 0.05) is 6.04 Å². The first-order valence-electron chi connectivity index (χ1n) is 7.20. The average molecular weight is 297 g/mol. The molecule has 112 valence electrons. The zero-order valence-corrected chi connectivity index (χ0v) is 12.9. The first kappa shape index (κ1) is 15.5. The average Bonchev–Trinajstić information content (AvgIpc) is 2.89. The highest BCUT2D eigenvalue weighted by Gasteiger charge is 2.22. The number of rotatable bonds is 6. The van der Waals surface area contributed by atoms with E-state index in [1.54, 1.807) is 18.2 Å². The van der Waals surface area contributed by atoms with Gasteiger partial charge in [-0.1, -0.05) is 25.0 Å². The smallest absolute Gasteiger partial charge is 0.240 e. The molecule has 0 unspecified atom stereocenters. The van der Waals surface area contributed by atoms with Gasteiger partial charge in [-0.3, -0.25) is 0 Å². The molecule has 1 saturated carbocycles. The maximum Gasteiger partial charge on any atom is 0.240 e. The fourth-order valence-electron chi connectivity index (χ4n) is 2.40. The van der Waals surface area contributed by atoms with Crippen molar-refractivity contribution in [2.24, 2.45) is 0 Å². The Bertz CT molecular complexity index is 534. The van der Waals surface area contributed by atoms with Crippen LogP contribution < -0.4 is 4.72 Å². The van der Waals surface area contributed by atoms with Crippen LogP contribution in [0.15, 0.2) is 29.2 Å². The van der Waals surface area contributed by atoms with E-state index < -0.39 is 10.0 Å². The van der Waals surface area contributed by atoms with Gasteiger partial charge >= 0.3 is 0 Å². The first-order valence-corrected chi connectivity index (χ1v) is 8.68. The summed E-state index contributed by atoms with van der Waals surface area (Å²) in [6.07, 6.45) is 4.22. The standard InChI is InChI=1S/C15H23NO3S/c1-12(2)19-11-13-6-5-9-15(10-13)20(17,18)16-14-7-3-4-8-14/h5-6,9-10,12,14,16H,3-4,7-8,11H2,1-2H3. The summed E-state index contributed by atoms with van der Waals surface area (Å²) in [6, 6.07) is 7.07. The molecule has 0 bridgehead atoms. The highest BCUT2D eigenvalue weighted by atomic mass is 32.2. The Morgan fingerprint density at radius 3 is 2.65 bits per heavy atom. The van der Waals surface area contributed by atoms with E-state index in [-0.39, 0.29) is 12.1 Å². The van der Waals surface area contributed by atoms with E-state index in [0.29, 0.717) is 11.5 Å². The molecule has 5 heteroatoms. The minimum Gasteiger partial charge on any atom is -0.374 e. The third-order valence-corrected chi connectivity index (χ3v) is 4.99. The van der Waals surface area contributed by atoms with Crippen LogP contribution in [0.3, 0.4) is 0 Å². The molecule has 20 heavy (non-hydrogen) atoms. The van der Waals surface area contributed by atoms with Gasteiger partial charge in [0.1, 0.15) is 0 Å². The Hall–Kier alpha value is -0.910. The number of hydrogen-bond acceptors (Lipinski definition) is 3. The summed E-state index contributed by atoms with van der Waals surface area (Å²) in [5.41, 5.74) is 0.882. The van der Waals surface area contributed by atoms with Crippen LogP contribution in [-0.4, -0.2) is 20.6 Å². The van der Waals surface area contributed by atoms with Crippen LogP contribution in [0.1, 0.15) is 45.1 Å². The molecule has 0 heterocycles. The molecule has 1 N–H and O–H groups in total. The molecule has 0 spiro atoms. The summed E-state index contributed by atoms with van der Waals surface area (Å²) in [4.78, 5) is 0.328. The molecule has 1 aliphatic rings. The topological polar surface area (TPSA) is 55.4 Å². The van der Waals surface area contributed by atoms with Crippen LogP contribution in [0.2, 0.25) is 0 Å². The van der Waals surface area contributed by atoms with Crippen molar-refractivity contribution in [2.45, 2.75) is 63.2 Å². The molecule has 1 fully saturated rings. The van der Waals surface area contributed by atoms with Gasteiger partial charge in [0.25, 0.3) is 0 Å². The third kappa shape index (κ3) is 4.30. The van der Waals surface area contributed by atoms with Crippen LogP contribution in [-0.2, 0) is 21.4 Å². The van der Waals surface area contributed by atoms with Crippen molar-refractivity contribution in [3.63, 3.8) is 0 Å². The van der Waals surface area contributed by atoms with Gasteiger partial charge in [0.15, 0.2) is 0 Å². The van der Waals surface area contributed by atoms with Crippen molar-refractivity contribution in [3.8, 4) is 0 Å². The molecule has 1 aromatic carbocycles. The van der Waals surface area contributed by atoms with E-state index in [1.165, 1.54) is 0 Å². The Labute approximate surface area is 121 Å². The summed E-state index contributed by atoms with van der Waals surface area (Å²) < 4.78 is 33.0. The molecular weight excluding hydrogens is 274 g/mol. The van der Waals surface area contributed by atoms with E-state index in [2.05, 4.69) is 4.72 Å². The van der Waals surface area contributed by atoms with Crippen molar-refractivity contribution in [2.75, 3.05) is 0 Å². The monoisotopic (exact) mass is 297 g/mol. The van der Waals surface area contributed by atoms with E-state index in [9.17, 15) is 8.42 Å². The summed E-state index contributed by atoms with van der Waals surface area (Å²) in [5, 5.41) is 0. The molecular formula is C15H23NO3S. The van der Waals surface area contributed by atoms with E-state index in [0.717, 1.165) is 31.2 Å². The van der Waals surface area contributed by atoms with Crippen molar-refractivity contribution in [1.82, 2.24) is 4.72 Å². The van der Waals surface area contributed by atoms with E-state index in [4.69, 9.17) is 4.74 Å². The number of nitrogens with one attached hydrogen (secondary N) is 1. The Kier molecular flexibility index (Phi) is 5.18. The number of hydrogen-bond donors (Lipinski definition) is 1. The van der Waals surface area contributed by atoms with Crippen LogP contribution in [0.4, 0.5) is 0 Å². The van der Waals surface area contributed by atoms with E-state index in [1.807, 2.05) is 19.9 Å². The molecule has 2 rings (SSSR count). The van der Waals surface area contributed by atoms with Crippen LogP contribution in [0, 0.1) is 0 Å². The van der Waals surface area contributed by atoms with Gasteiger partial charge < -0.3 is 4.74 Å². The van der Waals surface area contributed by atoms with E-state index >= 15 is 0 Å². The quantitative estimate of drug-likeness (QED) is 0.878. The Morgan fingerprint density at radius 2 is 2.00 bits per heavy atom. The molecule has 1 aliphatic carbocycles. The van der Waals surface area contributed by atoms with Gasteiger partial charge in [-0.2, -0.15) is 0 Å². The van der Waals surface area contributed by atoms with Crippen LogP contribution in [0.25, 0.3) is 0 Å². The summed E-state index contributed by atoms with van der Waals surface area (Å²) in [5.74, 6) is 0. The van der Waals surface area contributed by atoms with Gasteiger partial charge in [-0.05, 0) is 44.4 Å². The lowest BCUT2D eigenvalue weighted by molar-refractivity contribution is 0.0656. The minimum absolute atomic E-state index is 0.0931. The third-order valence-electron chi connectivity index (χ3n) is 3.47. The predicted octanol–water partition coefficient (Wildman–Crippen LogP) is 2.83. The zero-order chi connectivity index (χ0) is 14.6. The molecule has 4 nitrogen and oxygen atoms in total. The van der Waals surface area contributed by atoms with Gasteiger partial charge in [-0.15, -0.1) is 0 Å². The lowest BCUT2D eigenvalue weighted by Crippen LogP contribution is -2.32. The maximum atomic E-state index is 12.3. The fraction of sp³-hybridized carbons (Fsp3) is 0.600. The van der Waals surface area contributed by atoms with Gasteiger partial charge in [0.2, 0.25) is 10.0 Å². The highest BCUT2D eigenvalue weighted by molar-refractivity contribution is 7.89. The second-order valence-corrected chi connectivity index (χ2v) is 7.32. The molecule has 0 amide bonds. The Balaban J connectivity index is 2.08. The second kappa shape index (κ2) is 6.70.